The van der Waals surface area contributed by atoms with Crippen molar-refractivity contribution in [2.24, 2.45) is 0 Å². The van der Waals surface area contributed by atoms with Gasteiger partial charge in [-0.05, 0) is 49.7 Å². The van der Waals surface area contributed by atoms with Crippen LogP contribution < -0.4 is 9.62 Å². The van der Waals surface area contributed by atoms with E-state index in [1.165, 1.54) is 46.8 Å². The number of carbonyl (C=O) groups excluding carboxylic acids is 2. The highest BCUT2D eigenvalue weighted by Crippen LogP contribution is 2.26. The van der Waals surface area contributed by atoms with Gasteiger partial charge in [-0.15, -0.1) is 0 Å². The first-order chi connectivity index (χ1) is 16.6. The summed E-state index contributed by atoms with van der Waals surface area (Å²) in [5.41, 5.74) is 0.857. The minimum absolute atomic E-state index is 0.0403. The van der Waals surface area contributed by atoms with E-state index in [9.17, 15) is 28.1 Å². The molecule has 3 aromatic carbocycles. The van der Waals surface area contributed by atoms with E-state index in [2.05, 4.69) is 5.32 Å². The fourth-order valence-electron chi connectivity index (χ4n) is 3.32. The molecule has 0 fully saturated rings. The number of ether oxygens (including phenoxy) is 1. The van der Waals surface area contributed by atoms with Crippen molar-refractivity contribution < 1.29 is 27.7 Å². The number of nitrogens with zero attached hydrogens (tertiary/aromatic N) is 2. The zero-order valence-corrected chi connectivity index (χ0v) is 19.8. The number of rotatable bonds is 9. The van der Waals surface area contributed by atoms with E-state index in [-0.39, 0.29) is 28.4 Å². The number of non-ortho nitro benzene ring substituents is 1. The monoisotopic (exact) mass is 497 g/mol. The number of anilines is 2. The van der Waals surface area contributed by atoms with Gasteiger partial charge >= 0.3 is 5.97 Å². The Morgan fingerprint density at radius 3 is 2.40 bits per heavy atom. The Labute approximate surface area is 202 Å². The fourth-order valence-corrected chi connectivity index (χ4v) is 5.05. The summed E-state index contributed by atoms with van der Waals surface area (Å²) in [4.78, 5) is 34.9. The molecule has 0 saturated heterocycles. The van der Waals surface area contributed by atoms with Gasteiger partial charge in [-0.3, -0.25) is 19.2 Å². The molecule has 0 saturated carbocycles. The average molecular weight is 498 g/mol. The molecule has 0 radical (unpaired) electrons. The Kier molecular flexibility index (Phi) is 7.82. The lowest BCUT2D eigenvalue weighted by Crippen LogP contribution is -2.31. The number of amides is 1. The Bertz CT molecular complexity index is 1360. The van der Waals surface area contributed by atoms with Crippen LogP contribution >= 0.6 is 0 Å². The predicted molar refractivity (Wildman–Crippen MR) is 130 cm³/mol. The molecule has 3 rings (SSSR count). The number of sulfonamides is 1. The van der Waals surface area contributed by atoms with Gasteiger partial charge in [0.1, 0.15) is 0 Å². The molecule has 1 amide bonds. The topological polar surface area (TPSA) is 136 Å². The van der Waals surface area contributed by atoms with Crippen LogP contribution in [-0.2, 0) is 19.6 Å². The van der Waals surface area contributed by atoms with Gasteiger partial charge in [0.05, 0.1) is 21.1 Å². The first kappa shape index (κ1) is 25.4. The third kappa shape index (κ3) is 6.01. The zero-order valence-electron chi connectivity index (χ0n) is 19.0. The number of nitro groups is 1. The number of esters is 1. The zero-order chi connectivity index (χ0) is 25.6. The molecule has 0 bridgehead atoms. The summed E-state index contributed by atoms with van der Waals surface area (Å²) in [6, 6.07) is 18.0. The molecule has 0 spiro atoms. The van der Waals surface area contributed by atoms with E-state index in [4.69, 9.17) is 4.74 Å². The van der Waals surface area contributed by atoms with E-state index >= 15 is 0 Å². The van der Waals surface area contributed by atoms with E-state index in [1.807, 2.05) is 0 Å². The number of aryl methyl sites for hydroxylation is 1. The van der Waals surface area contributed by atoms with Crippen LogP contribution in [0.1, 0.15) is 22.8 Å². The first-order valence-corrected chi connectivity index (χ1v) is 12.0. The molecule has 35 heavy (non-hydrogen) atoms. The van der Waals surface area contributed by atoms with Gasteiger partial charge in [-0.25, -0.2) is 13.2 Å². The van der Waals surface area contributed by atoms with Gasteiger partial charge < -0.3 is 10.1 Å². The Hall–Kier alpha value is -4.25. The molecule has 0 aliphatic heterocycles. The average Bonchev–Trinajstić information content (AvgIpc) is 2.83. The molecule has 0 atom stereocenters. The van der Waals surface area contributed by atoms with Crippen molar-refractivity contribution in [3.63, 3.8) is 0 Å². The lowest BCUT2D eigenvalue weighted by Gasteiger charge is -2.24. The number of hydrogen-bond donors (Lipinski definition) is 1. The molecule has 1 N–H and O–H groups in total. The van der Waals surface area contributed by atoms with Crippen molar-refractivity contribution in [2.75, 3.05) is 22.8 Å². The van der Waals surface area contributed by atoms with Gasteiger partial charge in [-0.1, -0.05) is 30.3 Å². The van der Waals surface area contributed by atoms with Crippen molar-refractivity contribution in [1.82, 2.24) is 0 Å². The summed E-state index contributed by atoms with van der Waals surface area (Å²) in [7, 11) is -3.98. The van der Waals surface area contributed by atoms with Crippen LogP contribution in [0.15, 0.2) is 77.7 Å². The summed E-state index contributed by atoms with van der Waals surface area (Å²) in [6.07, 6.45) is 0. The molecule has 10 nitrogen and oxygen atoms in total. The second-order valence-electron chi connectivity index (χ2n) is 7.42. The lowest BCUT2D eigenvalue weighted by atomic mass is 10.1. The number of nitrogens with one attached hydrogen (secondary N) is 1. The van der Waals surface area contributed by atoms with E-state index in [0.29, 0.717) is 11.3 Å². The molecule has 182 valence electrons. The Morgan fingerprint density at radius 2 is 1.74 bits per heavy atom. The number of carbonyl (C=O) groups is 2. The standard InChI is InChI=1S/C24H23N3O7S/c1-3-26(20-9-5-4-6-10-20)35(32,33)22-14-18(13-12-17(22)2)24(29)34-16-23(28)25-19-8-7-11-21(15-19)27(30)31/h4-15H,3,16H2,1-2H3,(H,25,28). The molecule has 3 aromatic rings. The molecule has 0 aromatic heterocycles. The van der Waals surface area contributed by atoms with Crippen LogP contribution in [0.25, 0.3) is 0 Å². The molecule has 11 heteroatoms. The lowest BCUT2D eigenvalue weighted by molar-refractivity contribution is -0.384. The molecule has 0 aliphatic carbocycles. The van der Waals surface area contributed by atoms with Crippen molar-refractivity contribution in [3.05, 3.63) is 94.0 Å². The number of benzene rings is 3. The summed E-state index contributed by atoms with van der Waals surface area (Å²) >= 11 is 0. The highest BCUT2D eigenvalue weighted by Gasteiger charge is 2.26. The molecule has 0 heterocycles. The number of para-hydroxylation sites is 1. The largest absolute Gasteiger partial charge is 0.452 e. The second-order valence-corrected chi connectivity index (χ2v) is 9.25. The minimum Gasteiger partial charge on any atom is -0.452 e. The quantitative estimate of drug-likeness (QED) is 0.269. The van der Waals surface area contributed by atoms with Crippen molar-refractivity contribution >= 4 is 39.0 Å². The third-order valence-corrected chi connectivity index (χ3v) is 7.04. The summed E-state index contributed by atoms with van der Waals surface area (Å²) < 4.78 is 33.0. The second kappa shape index (κ2) is 10.8. The highest BCUT2D eigenvalue weighted by atomic mass is 32.2. The molecule has 0 unspecified atom stereocenters. The Morgan fingerprint density at radius 1 is 1.03 bits per heavy atom. The first-order valence-electron chi connectivity index (χ1n) is 10.5. The van der Waals surface area contributed by atoms with Crippen LogP contribution in [0.3, 0.4) is 0 Å². The maximum atomic E-state index is 13.4. The van der Waals surface area contributed by atoms with Crippen molar-refractivity contribution in [1.29, 1.82) is 0 Å². The van der Waals surface area contributed by atoms with E-state index < -0.39 is 33.4 Å². The van der Waals surface area contributed by atoms with Gasteiger partial charge in [-0.2, -0.15) is 0 Å². The maximum Gasteiger partial charge on any atom is 0.338 e. The summed E-state index contributed by atoms with van der Waals surface area (Å²) in [6.45, 7) is 2.84. The number of nitro benzene ring substituents is 1. The van der Waals surface area contributed by atoms with E-state index in [1.54, 1.807) is 44.2 Å². The van der Waals surface area contributed by atoms with Gasteiger partial charge in [0.25, 0.3) is 21.6 Å². The fraction of sp³-hybridized carbons (Fsp3) is 0.167. The number of hydrogen-bond acceptors (Lipinski definition) is 7. The highest BCUT2D eigenvalue weighted by molar-refractivity contribution is 7.92. The van der Waals surface area contributed by atoms with E-state index in [0.717, 1.165) is 0 Å². The van der Waals surface area contributed by atoms with Gasteiger partial charge in [0.15, 0.2) is 6.61 Å². The summed E-state index contributed by atoms with van der Waals surface area (Å²) in [5, 5.41) is 13.3. The predicted octanol–water partition coefficient (Wildman–Crippen LogP) is 3.91. The minimum atomic E-state index is -3.98. The Balaban J connectivity index is 1.74. The van der Waals surface area contributed by atoms with Crippen LogP contribution in [0.5, 0.6) is 0 Å². The van der Waals surface area contributed by atoms with Crippen molar-refractivity contribution in [3.8, 4) is 0 Å². The van der Waals surface area contributed by atoms with Crippen LogP contribution in [-0.4, -0.2) is 38.4 Å². The summed E-state index contributed by atoms with van der Waals surface area (Å²) in [5.74, 6) is -1.60. The van der Waals surface area contributed by atoms with Gasteiger partial charge in [0, 0.05) is 24.4 Å². The van der Waals surface area contributed by atoms with Crippen molar-refractivity contribution in [2.45, 2.75) is 18.7 Å². The third-order valence-electron chi connectivity index (χ3n) is 5.00. The molecular formula is C24H23N3O7S. The molecule has 0 aliphatic rings. The smallest absolute Gasteiger partial charge is 0.338 e. The van der Waals surface area contributed by atoms with Crippen LogP contribution in [0.2, 0.25) is 0 Å². The van der Waals surface area contributed by atoms with Crippen LogP contribution in [0, 0.1) is 17.0 Å². The SMILES string of the molecule is CCN(c1ccccc1)S(=O)(=O)c1cc(C(=O)OCC(=O)Nc2cccc([N+](=O)[O-])c2)ccc1C. The molecular weight excluding hydrogens is 474 g/mol. The normalized spacial score (nSPS) is 10.9. The van der Waals surface area contributed by atoms with Crippen LogP contribution in [0.4, 0.5) is 17.1 Å². The van der Waals surface area contributed by atoms with Gasteiger partial charge in [0.2, 0.25) is 0 Å². The maximum absolute atomic E-state index is 13.4.